The van der Waals surface area contributed by atoms with Crippen LogP contribution in [0.4, 0.5) is 0 Å². The van der Waals surface area contributed by atoms with Gasteiger partial charge in [-0.2, -0.15) is 0 Å². The molecule has 1 amide bonds. The number of hydrogen-bond acceptors (Lipinski definition) is 3. The third-order valence-corrected chi connectivity index (χ3v) is 2.19. The molecule has 0 saturated carbocycles. The van der Waals surface area contributed by atoms with Gasteiger partial charge in [0.15, 0.2) is 0 Å². The SMILES string of the molecule is O=C(NO)c1ccc2cc(O)ccc2c1. The van der Waals surface area contributed by atoms with E-state index in [1.54, 1.807) is 41.9 Å². The molecule has 0 aromatic heterocycles. The van der Waals surface area contributed by atoms with E-state index in [1.807, 2.05) is 0 Å². The van der Waals surface area contributed by atoms with Crippen molar-refractivity contribution in [3.05, 3.63) is 42.0 Å². The molecule has 4 nitrogen and oxygen atoms in total. The van der Waals surface area contributed by atoms with E-state index in [0.717, 1.165) is 10.8 Å². The molecule has 4 heteroatoms. The zero-order chi connectivity index (χ0) is 10.8. The minimum atomic E-state index is -0.551. The lowest BCUT2D eigenvalue weighted by atomic mass is 10.1. The van der Waals surface area contributed by atoms with Gasteiger partial charge in [0.1, 0.15) is 5.75 Å². The van der Waals surface area contributed by atoms with Crippen LogP contribution >= 0.6 is 0 Å². The van der Waals surface area contributed by atoms with E-state index in [9.17, 15) is 9.90 Å². The molecule has 0 unspecified atom stereocenters. The highest BCUT2D eigenvalue weighted by atomic mass is 16.5. The van der Waals surface area contributed by atoms with Crippen molar-refractivity contribution in [1.82, 2.24) is 5.48 Å². The summed E-state index contributed by atoms with van der Waals surface area (Å²) in [5.41, 5.74) is 1.94. The normalized spacial score (nSPS) is 10.2. The molecule has 0 fully saturated rings. The van der Waals surface area contributed by atoms with Crippen LogP contribution in [0, 0.1) is 0 Å². The summed E-state index contributed by atoms with van der Waals surface area (Å²) in [6.45, 7) is 0. The Balaban J connectivity index is 2.57. The highest BCUT2D eigenvalue weighted by Gasteiger charge is 2.04. The lowest BCUT2D eigenvalue weighted by Gasteiger charge is -2.02. The van der Waals surface area contributed by atoms with E-state index in [4.69, 9.17) is 5.21 Å². The number of aromatic hydroxyl groups is 1. The zero-order valence-corrected chi connectivity index (χ0v) is 7.77. The maximum absolute atomic E-state index is 11.1. The molecule has 0 bridgehead atoms. The molecule has 2 aromatic rings. The van der Waals surface area contributed by atoms with Gasteiger partial charge in [0, 0.05) is 5.56 Å². The Morgan fingerprint density at radius 2 is 1.73 bits per heavy atom. The van der Waals surface area contributed by atoms with Gasteiger partial charge in [-0.05, 0) is 35.0 Å². The maximum atomic E-state index is 11.1. The second kappa shape index (κ2) is 3.59. The van der Waals surface area contributed by atoms with Gasteiger partial charge in [-0.1, -0.05) is 12.1 Å². The molecule has 2 aromatic carbocycles. The quantitative estimate of drug-likeness (QED) is 0.487. The van der Waals surface area contributed by atoms with E-state index in [-0.39, 0.29) is 5.75 Å². The fourth-order valence-corrected chi connectivity index (χ4v) is 1.44. The second-order valence-corrected chi connectivity index (χ2v) is 3.19. The first-order valence-electron chi connectivity index (χ1n) is 4.38. The maximum Gasteiger partial charge on any atom is 0.274 e. The first-order valence-corrected chi connectivity index (χ1v) is 4.38. The molecule has 0 saturated heterocycles. The Labute approximate surface area is 85.7 Å². The van der Waals surface area contributed by atoms with E-state index >= 15 is 0 Å². The highest BCUT2D eigenvalue weighted by molar-refractivity contribution is 5.98. The predicted octanol–water partition coefficient (Wildman–Crippen LogP) is 1.66. The Hall–Kier alpha value is -2.07. The van der Waals surface area contributed by atoms with Crippen LogP contribution in [0.15, 0.2) is 36.4 Å². The Kier molecular flexibility index (Phi) is 2.27. The molecular weight excluding hydrogens is 194 g/mol. The lowest BCUT2D eigenvalue weighted by molar-refractivity contribution is 0.0706. The van der Waals surface area contributed by atoms with Crippen LogP contribution in [0.25, 0.3) is 10.8 Å². The number of fused-ring (bicyclic) bond motifs is 1. The van der Waals surface area contributed by atoms with Crippen LogP contribution in [0.1, 0.15) is 10.4 Å². The number of carbonyl (C=O) groups is 1. The number of nitrogens with one attached hydrogen (secondary N) is 1. The van der Waals surface area contributed by atoms with Crippen molar-refractivity contribution in [3.8, 4) is 5.75 Å². The number of amides is 1. The van der Waals surface area contributed by atoms with Gasteiger partial charge in [0.25, 0.3) is 5.91 Å². The van der Waals surface area contributed by atoms with Gasteiger partial charge in [-0.15, -0.1) is 0 Å². The molecule has 2 rings (SSSR count). The van der Waals surface area contributed by atoms with Gasteiger partial charge in [-0.25, -0.2) is 5.48 Å². The number of hydroxylamine groups is 1. The number of hydrogen-bond donors (Lipinski definition) is 3. The van der Waals surface area contributed by atoms with Crippen LogP contribution in [0.5, 0.6) is 5.75 Å². The van der Waals surface area contributed by atoms with Crippen LogP contribution in [0.3, 0.4) is 0 Å². The molecule has 0 atom stereocenters. The summed E-state index contributed by atoms with van der Waals surface area (Å²) in [7, 11) is 0. The average molecular weight is 203 g/mol. The molecule has 15 heavy (non-hydrogen) atoms. The average Bonchev–Trinajstić information content (AvgIpc) is 2.27. The Bertz CT molecular complexity index is 522. The molecule has 0 radical (unpaired) electrons. The van der Waals surface area contributed by atoms with Gasteiger partial charge in [0.05, 0.1) is 0 Å². The molecule has 3 N–H and O–H groups in total. The van der Waals surface area contributed by atoms with Crippen molar-refractivity contribution in [1.29, 1.82) is 0 Å². The molecule has 76 valence electrons. The Morgan fingerprint density at radius 3 is 2.47 bits per heavy atom. The van der Waals surface area contributed by atoms with Gasteiger partial charge in [-0.3, -0.25) is 10.0 Å². The summed E-state index contributed by atoms with van der Waals surface area (Å²) in [6, 6.07) is 9.78. The second-order valence-electron chi connectivity index (χ2n) is 3.19. The van der Waals surface area contributed by atoms with E-state index in [0.29, 0.717) is 5.56 Å². The van der Waals surface area contributed by atoms with Crippen molar-refractivity contribution < 1.29 is 15.1 Å². The molecular formula is C11H9NO3. The monoisotopic (exact) mass is 203 g/mol. The Morgan fingerprint density at radius 1 is 1.07 bits per heavy atom. The van der Waals surface area contributed by atoms with Crippen molar-refractivity contribution in [3.63, 3.8) is 0 Å². The van der Waals surface area contributed by atoms with Crippen molar-refractivity contribution >= 4 is 16.7 Å². The van der Waals surface area contributed by atoms with Gasteiger partial charge < -0.3 is 5.11 Å². The number of phenolic OH excluding ortho intramolecular Hbond substituents is 1. The molecule has 0 aliphatic carbocycles. The number of rotatable bonds is 1. The summed E-state index contributed by atoms with van der Waals surface area (Å²) in [5.74, 6) is -0.369. The molecule has 0 aliphatic heterocycles. The molecule has 0 aliphatic rings. The van der Waals surface area contributed by atoms with Crippen LogP contribution < -0.4 is 5.48 Å². The zero-order valence-electron chi connectivity index (χ0n) is 7.77. The summed E-state index contributed by atoms with van der Waals surface area (Å²) in [4.78, 5) is 11.1. The lowest BCUT2D eigenvalue weighted by Crippen LogP contribution is -2.18. The fraction of sp³-hybridized carbons (Fsp3) is 0. The topological polar surface area (TPSA) is 69.6 Å². The number of carbonyl (C=O) groups excluding carboxylic acids is 1. The van der Waals surface area contributed by atoms with Crippen molar-refractivity contribution in [2.75, 3.05) is 0 Å². The van der Waals surface area contributed by atoms with E-state index in [1.165, 1.54) is 0 Å². The first-order chi connectivity index (χ1) is 7.20. The minimum absolute atomic E-state index is 0.182. The van der Waals surface area contributed by atoms with Crippen molar-refractivity contribution in [2.45, 2.75) is 0 Å². The molecule has 0 heterocycles. The number of benzene rings is 2. The van der Waals surface area contributed by atoms with E-state index in [2.05, 4.69) is 0 Å². The van der Waals surface area contributed by atoms with E-state index < -0.39 is 5.91 Å². The van der Waals surface area contributed by atoms with Crippen LogP contribution in [-0.2, 0) is 0 Å². The standard InChI is InChI=1S/C11H9NO3/c13-10-4-3-7-5-9(11(14)12-15)2-1-8(7)6-10/h1-6,13,15H,(H,12,14). The van der Waals surface area contributed by atoms with Crippen LogP contribution in [0.2, 0.25) is 0 Å². The summed E-state index contributed by atoms with van der Waals surface area (Å²) in [5, 5.41) is 19.4. The van der Waals surface area contributed by atoms with Crippen LogP contribution in [-0.4, -0.2) is 16.2 Å². The predicted molar refractivity (Wildman–Crippen MR) is 54.9 cm³/mol. The largest absolute Gasteiger partial charge is 0.508 e. The third kappa shape index (κ3) is 1.75. The van der Waals surface area contributed by atoms with Gasteiger partial charge in [0.2, 0.25) is 0 Å². The van der Waals surface area contributed by atoms with Crippen molar-refractivity contribution in [2.24, 2.45) is 0 Å². The van der Waals surface area contributed by atoms with Gasteiger partial charge >= 0.3 is 0 Å². The summed E-state index contributed by atoms with van der Waals surface area (Å²) < 4.78 is 0. The first kappa shape index (κ1) is 9.48. The highest BCUT2D eigenvalue weighted by Crippen LogP contribution is 2.20. The third-order valence-electron chi connectivity index (χ3n) is 2.19. The summed E-state index contributed by atoms with van der Waals surface area (Å²) in [6.07, 6.45) is 0. The summed E-state index contributed by atoms with van der Waals surface area (Å²) >= 11 is 0. The molecule has 0 spiro atoms. The number of phenols is 1. The smallest absolute Gasteiger partial charge is 0.274 e. The fourth-order valence-electron chi connectivity index (χ4n) is 1.44. The minimum Gasteiger partial charge on any atom is -0.508 e.